The fourth-order valence-corrected chi connectivity index (χ4v) is 7.47. The van der Waals surface area contributed by atoms with E-state index in [0.29, 0.717) is 23.6 Å². The van der Waals surface area contributed by atoms with Crippen molar-refractivity contribution in [3.63, 3.8) is 0 Å². The number of aryl methyl sites for hydroxylation is 2. The Balaban J connectivity index is 1.27. The quantitative estimate of drug-likeness (QED) is 0.0866. The van der Waals surface area contributed by atoms with Gasteiger partial charge in [0, 0.05) is 24.5 Å². The van der Waals surface area contributed by atoms with Gasteiger partial charge in [0.25, 0.3) is 0 Å². The van der Waals surface area contributed by atoms with Crippen LogP contribution < -0.4 is 0 Å². The summed E-state index contributed by atoms with van der Waals surface area (Å²) in [4.78, 5) is 23.1. The molecule has 0 amide bonds. The molecule has 55 heavy (non-hydrogen) atoms. The van der Waals surface area contributed by atoms with Gasteiger partial charge in [0.15, 0.2) is 5.65 Å². The zero-order valence-electron chi connectivity index (χ0n) is 31.2. The van der Waals surface area contributed by atoms with Crippen molar-refractivity contribution in [3.8, 4) is 17.2 Å². The number of aromatic nitrogens is 8. The summed E-state index contributed by atoms with van der Waals surface area (Å²) in [6.07, 6.45) is 6.69. The highest BCUT2D eigenvalue weighted by atomic mass is 16.5. The second-order valence-electron chi connectivity index (χ2n) is 13.6. The predicted molar refractivity (Wildman–Crippen MR) is 213 cm³/mol. The molecule has 0 N–H and O–H groups in total. The average molecular weight is 727 g/mol. The number of ether oxygens (including phenoxy) is 1. The van der Waals surface area contributed by atoms with Gasteiger partial charge in [-0.2, -0.15) is 0 Å². The fraction of sp³-hybridized carbons (Fsp3) is 0.200. The summed E-state index contributed by atoms with van der Waals surface area (Å²) in [6, 6.07) is 42.9. The zero-order chi connectivity index (χ0) is 37.8. The molecule has 0 radical (unpaired) electrons. The highest BCUT2D eigenvalue weighted by Crippen LogP contribution is 2.42. The Labute approximate surface area is 320 Å². The summed E-state index contributed by atoms with van der Waals surface area (Å²) in [5, 5.41) is 13.7. The second-order valence-corrected chi connectivity index (χ2v) is 13.6. The zero-order valence-corrected chi connectivity index (χ0v) is 31.2. The van der Waals surface area contributed by atoms with E-state index in [4.69, 9.17) is 19.9 Å². The molecule has 8 rings (SSSR count). The molecule has 0 aliphatic rings. The molecule has 0 saturated heterocycles. The summed E-state index contributed by atoms with van der Waals surface area (Å²) in [6.45, 7) is 6.96. The maximum Gasteiger partial charge on any atom is 0.339 e. The number of rotatable bonds is 13. The van der Waals surface area contributed by atoms with Crippen LogP contribution in [0.15, 0.2) is 140 Å². The van der Waals surface area contributed by atoms with Crippen LogP contribution in [0, 0.1) is 6.92 Å². The standard InChI is InChI=1S/C45H42N8O2/c1-4-6-22-40-47-41-32(3)27-28-46-43(41)52(40)30-33-23-25-38(26-24-33)51-31-34(44(54)55-5-2)29-39(51)42-48-49-50-53(42)45(35-16-10-7-11-17-35,36-18-12-8-13-19-36)37-20-14-9-15-21-37/h7-21,23-29,31H,4-6,22,30H2,1-3H3. The molecule has 10 nitrogen and oxygen atoms in total. The second kappa shape index (κ2) is 15.4. The minimum atomic E-state index is -0.971. The summed E-state index contributed by atoms with van der Waals surface area (Å²) in [7, 11) is 0. The lowest BCUT2D eigenvalue weighted by Gasteiger charge is -2.36. The monoisotopic (exact) mass is 726 g/mol. The van der Waals surface area contributed by atoms with Crippen LogP contribution in [0.3, 0.4) is 0 Å². The first kappa shape index (κ1) is 35.4. The van der Waals surface area contributed by atoms with Crippen LogP contribution in [0.5, 0.6) is 0 Å². The molecule has 10 heteroatoms. The Bertz CT molecular complexity index is 2440. The van der Waals surface area contributed by atoms with E-state index in [1.54, 1.807) is 13.1 Å². The third-order valence-electron chi connectivity index (χ3n) is 10.1. The maximum atomic E-state index is 13.3. The van der Waals surface area contributed by atoms with Crippen molar-refractivity contribution in [1.29, 1.82) is 0 Å². The number of tetrazole rings is 1. The van der Waals surface area contributed by atoms with Crippen molar-refractivity contribution in [2.75, 3.05) is 6.61 Å². The van der Waals surface area contributed by atoms with Crippen molar-refractivity contribution >= 4 is 17.1 Å². The summed E-state index contributed by atoms with van der Waals surface area (Å²) >= 11 is 0. The van der Waals surface area contributed by atoms with Crippen LogP contribution in [0.25, 0.3) is 28.4 Å². The first-order valence-corrected chi connectivity index (χ1v) is 18.8. The summed E-state index contributed by atoms with van der Waals surface area (Å²) in [5.74, 6) is 1.09. The number of esters is 1. The van der Waals surface area contributed by atoms with E-state index < -0.39 is 11.5 Å². The summed E-state index contributed by atoms with van der Waals surface area (Å²) < 4.78 is 11.6. The van der Waals surface area contributed by atoms with E-state index in [1.807, 2.05) is 82.2 Å². The van der Waals surface area contributed by atoms with Gasteiger partial charge in [-0.3, -0.25) is 0 Å². The molecule has 4 aromatic heterocycles. The number of benzene rings is 4. The van der Waals surface area contributed by atoms with E-state index in [0.717, 1.165) is 69.8 Å². The van der Waals surface area contributed by atoms with Gasteiger partial charge in [0.2, 0.25) is 5.82 Å². The van der Waals surface area contributed by atoms with Gasteiger partial charge in [0.1, 0.15) is 16.9 Å². The van der Waals surface area contributed by atoms with Crippen LogP contribution in [0.2, 0.25) is 0 Å². The smallest absolute Gasteiger partial charge is 0.339 e. The molecule has 0 unspecified atom stereocenters. The number of nitrogens with zero attached hydrogens (tertiary/aromatic N) is 8. The fourth-order valence-electron chi connectivity index (χ4n) is 7.47. The number of pyridine rings is 1. The Morgan fingerprint density at radius 2 is 1.44 bits per heavy atom. The number of hydrogen-bond acceptors (Lipinski definition) is 7. The van der Waals surface area contributed by atoms with Gasteiger partial charge in [-0.05, 0) is 82.8 Å². The average Bonchev–Trinajstić information content (AvgIpc) is 3.98. The van der Waals surface area contributed by atoms with Gasteiger partial charge in [-0.25, -0.2) is 19.4 Å². The van der Waals surface area contributed by atoms with Crippen LogP contribution >= 0.6 is 0 Å². The van der Waals surface area contributed by atoms with Gasteiger partial charge in [-0.15, -0.1) is 5.10 Å². The number of carbonyl (C=O) groups is 1. The molecule has 8 aromatic rings. The van der Waals surface area contributed by atoms with Crippen molar-refractivity contribution in [1.82, 2.24) is 39.3 Å². The Hall–Kier alpha value is -6.68. The third kappa shape index (κ3) is 6.50. The number of fused-ring (bicyclic) bond motifs is 1. The molecule has 274 valence electrons. The lowest BCUT2D eigenvalue weighted by Crippen LogP contribution is -2.39. The van der Waals surface area contributed by atoms with E-state index in [1.165, 1.54) is 0 Å². The molecule has 0 fully saturated rings. The minimum absolute atomic E-state index is 0.252. The number of unbranched alkanes of at least 4 members (excludes halogenated alkanes) is 1. The molecule has 4 heterocycles. The first-order chi connectivity index (χ1) is 27.0. The molecule has 0 spiro atoms. The third-order valence-corrected chi connectivity index (χ3v) is 10.1. The van der Waals surface area contributed by atoms with Gasteiger partial charge in [0.05, 0.1) is 24.4 Å². The van der Waals surface area contributed by atoms with Crippen LogP contribution in [0.4, 0.5) is 0 Å². The Morgan fingerprint density at radius 3 is 2.04 bits per heavy atom. The lowest BCUT2D eigenvalue weighted by molar-refractivity contribution is 0.0526. The topological polar surface area (TPSA) is 106 Å². The van der Waals surface area contributed by atoms with E-state index >= 15 is 0 Å². The normalized spacial score (nSPS) is 11.6. The molecule has 0 aliphatic carbocycles. The Kier molecular flexibility index (Phi) is 9.87. The van der Waals surface area contributed by atoms with E-state index in [9.17, 15) is 4.79 Å². The van der Waals surface area contributed by atoms with Gasteiger partial charge in [-0.1, -0.05) is 116 Å². The van der Waals surface area contributed by atoms with Crippen LogP contribution in [0.1, 0.15) is 70.7 Å². The number of hydrogen-bond donors (Lipinski definition) is 0. The molecule has 0 aliphatic heterocycles. The highest BCUT2D eigenvalue weighted by Gasteiger charge is 2.42. The summed E-state index contributed by atoms with van der Waals surface area (Å²) in [5.41, 5.74) is 7.89. The Morgan fingerprint density at radius 1 is 0.800 bits per heavy atom. The molecular weight excluding hydrogens is 685 g/mol. The van der Waals surface area contributed by atoms with Crippen molar-refractivity contribution in [3.05, 3.63) is 179 Å². The van der Waals surface area contributed by atoms with Crippen molar-refractivity contribution < 1.29 is 9.53 Å². The van der Waals surface area contributed by atoms with E-state index in [2.05, 4.69) is 89.4 Å². The van der Waals surface area contributed by atoms with Crippen molar-refractivity contribution in [2.24, 2.45) is 0 Å². The molecule has 0 atom stereocenters. The molecular formula is C45H42N8O2. The molecule has 0 bridgehead atoms. The first-order valence-electron chi connectivity index (χ1n) is 18.8. The molecule has 0 saturated carbocycles. The largest absolute Gasteiger partial charge is 0.462 e. The minimum Gasteiger partial charge on any atom is -0.462 e. The molecule has 4 aromatic carbocycles. The highest BCUT2D eigenvalue weighted by molar-refractivity contribution is 5.91. The van der Waals surface area contributed by atoms with Crippen molar-refractivity contribution in [2.45, 2.75) is 52.1 Å². The van der Waals surface area contributed by atoms with Crippen LogP contribution in [-0.2, 0) is 23.2 Å². The lowest BCUT2D eigenvalue weighted by atomic mass is 9.77. The SMILES string of the molecule is CCCCc1nc2c(C)ccnc2n1Cc1ccc(-n2cc(C(=O)OCC)cc2-c2nnnn2C(c2ccccc2)(c2ccccc2)c2ccccc2)cc1. The van der Waals surface area contributed by atoms with Gasteiger partial charge < -0.3 is 13.9 Å². The van der Waals surface area contributed by atoms with E-state index in [-0.39, 0.29) is 6.61 Å². The number of imidazole rings is 1. The number of carbonyl (C=O) groups excluding carboxylic acids is 1. The predicted octanol–water partition coefficient (Wildman–Crippen LogP) is 8.59. The van der Waals surface area contributed by atoms with Crippen LogP contribution in [-0.4, -0.2) is 51.9 Å². The van der Waals surface area contributed by atoms with Gasteiger partial charge >= 0.3 is 5.97 Å². The maximum absolute atomic E-state index is 13.3.